The highest BCUT2D eigenvalue weighted by molar-refractivity contribution is 7.15. The molecule has 0 spiro atoms. The number of nitrogens with zero attached hydrogens (tertiary/aromatic N) is 1. The van der Waals surface area contributed by atoms with E-state index >= 15 is 0 Å². The van der Waals surface area contributed by atoms with Crippen molar-refractivity contribution in [2.24, 2.45) is 0 Å². The number of hydrogen-bond donors (Lipinski definition) is 0. The third-order valence-electron chi connectivity index (χ3n) is 0.942. The van der Waals surface area contributed by atoms with Crippen LogP contribution in [0.3, 0.4) is 0 Å². The maximum atomic E-state index is 11.9. The Morgan fingerprint density at radius 2 is 2.17 bits per heavy atom. The van der Waals surface area contributed by atoms with Gasteiger partial charge in [-0.15, -0.1) is 11.3 Å². The summed E-state index contributed by atoms with van der Waals surface area (Å²) >= 11 is 5.16. The van der Waals surface area contributed by atoms with Crippen molar-refractivity contribution in [3.8, 4) is 0 Å². The average molecular weight is 216 g/mol. The summed E-state index contributed by atoms with van der Waals surface area (Å²) in [6.45, 7) is 0. The Balaban J connectivity index is 3.00. The van der Waals surface area contributed by atoms with Crippen LogP contribution in [-0.2, 0) is 6.18 Å². The zero-order valence-corrected chi connectivity index (χ0v) is 6.93. The van der Waals surface area contributed by atoms with Crippen molar-refractivity contribution in [3.05, 3.63) is 16.1 Å². The van der Waals surface area contributed by atoms with Crippen LogP contribution in [0.4, 0.5) is 13.2 Å². The van der Waals surface area contributed by atoms with Crippen LogP contribution in [-0.4, -0.2) is 10.2 Å². The second-order valence-corrected chi connectivity index (χ2v) is 3.18. The van der Waals surface area contributed by atoms with Crippen molar-refractivity contribution in [1.29, 1.82) is 0 Å². The second-order valence-electron chi connectivity index (χ2n) is 1.80. The van der Waals surface area contributed by atoms with Gasteiger partial charge < -0.3 is 0 Å². The number of alkyl halides is 3. The topological polar surface area (TPSA) is 30.0 Å². The largest absolute Gasteiger partial charge is 0.443 e. The smallest absolute Gasteiger partial charge is 0.275 e. The molecule has 0 unspecified atom stereocenters. The standard InChI is InChI=1S/C5HClF3NOS/c6-3(11)2-1-10-4(12-2)5(7,8)9/h1H. The summed E-state index contributed by atoms with van der Waals surface area (Å²) in [7, 11) is 0. The molecule has 0 atom stereocenters. The molecule has 12 heavy (non-hydrogen) atoms. The first-order valence-corrected chi connectivity index (χ1v) is 3.83. The molecule has 0 N–H and O–H groups in total. The van der Waals surface area contributed by atoms with Gasteiger partial charge in [-0.25, -0.2) is 4.98 Å². The Hall–Kier alpha value is -0.620. The number of aromatic nitrogens is 1. The van der Waals surface area contributed by atoms with Gasteiger partial charge in [0.25, 0.3) is 5.24 Å². The van der Waals surface area contributed by atoms with Crippen LogP contribution in [0.2, 0.25) is 0 Å². The Bertz CT molecular complexity index is 308. The van der Waals surface area contributed by atoms with Crippen LogP contribution >= 0.6 is 22.9 Å². The minimum absolute atomic E-state index is 0.205. The molecule has 0 bridgehead atoms. The monoisotopic (exact) mass is 215 g/mol. The van der Waals surface area contributed by atoms with Crippen LogP contribution in [0.5, 0.6) is 0 Å². The van der Waals surface area contributed by atoms with Gasteiger partial charge in [0, 0.05) is 0 Å². The fraction of sp³-hybridized carbons (Fsp3) is 0.200. The lowest BCUT2D eigenvalue weighted by Gasteiger charge is -1.98. The van der Waals surface area contributed by atoms with Crippen LogP contribution < -0.4 is 0 Å². The summed E-state index contributed by atoms with van der Waals surface area (Å²) in [5, 5.41) is -1.99. The third kappa shape index (κ3) is 1.95. The quantitative estimate of drug-likeness (QED) is 0.674. The molecule has 0 amide bonds. The van der Waals surface area contributed by atoms with Gasteiger partial charge in [0.05, 0.1) is 6.20 Å². The minimum Gasteiger partial charge on any atom is -0.275 e. The summed E-state index contributed by atoms with van der Waals surface area (Å²) in [4.78, 5) is 13.1. The molecule has 0 aliphatic heterocycles. The first-order chi connectivity index (χ1) is 5.41. The number of rotatable bonds is 1. The van der Waals surface area contributed by atoms with E-state index in [2.05, 4.69) is 4.98 Å². The highest BCUT2D eigenvalue weighted by Gasteiger charge is 2.35. The van der Waals surface area contributed by atoms with Crippen LogP contribution in [0, 0.1) is 0 Å². The average Bonchev–Trinajstić information content (AvgIpc) is 2.30. The number of carbonyl (C=O) groups is 1. The SMILES string of the molecule is O=C(Cl)c1cnc(C(F)(F)F)s1. The van der Waals surface area contributed by atoms with Crippen molar-refractivity contribution >= 4 is 28.2 Å². The van der Waals surface area contributed by atoms with E-state index in [1.165, 1.54) is 0 Å². The molecular formula is C5HClF3NOS. The molecule has 0 aliphatic rings. The van der Waals surface area contributed by atoms with Gasteiger partial charge in [0.1, 0.15) is 4.88 Å². The van der Waals surface area contributed by atoms with Gasteiger partial charge in [0.2, 0.25) is 0 Å². The number of hydrogen-bond acceptors (Lipinski definition) is 3. The van der Waals surface area contributed by atoms with Gasteiger partial charge in [-0.3, -0.25) is 4.79 Å². The number of halogens is 4. The second kappa shape index (κ2) is 3.02. The first-order valence-electron chi connectivity index (χ1n) is 2.64. The summed E-state index contributed by atoms with van der Waals surface area (Å²) in [5.74, 6) is 0. The van der Waals surface area contributed by atoms with E-state index in [0.29, 0.717) is 0 Å². The molecule has 0 radical (unpaired) electrons. The lowest BCUT2D eigenvalue weighted by molar-refractivity contribution is -0.137. The van der Waals surface area contributed by atoms with Crippen molar-refractivity contribution in [2.45, 2.75) is 6.18 Å². The predicted octanol–water partition coefficient (Wildman–Crippen LogP) is 2.54. The van der Waals surface area contributed by atoms with E-state index in [-0.39, 0.29) is 16.2 Å². The molecule has 2 nitrogen and oxygen atoms in total. The van der Waals surface area contributed by atoms with E-state index in [1.54, 1.807) is 0 Å². The molecule has 0 aliphatic carbocycles. The highest BCUT2D eigenvalue weighted by atomic mass is 35.5. The molecule has 1 aromatic rings. The molecule has 66 valence electrons. The van der Waals surface area contributed by atoms with Crippen molar-refractivity contribution in [3.63, 3.8) is 0 Å². The molecule has 1 aromatic heterocycles. The highest BCUT2D eigenvalue weighted by Crippen LogP contribution is 2.32. The minimum atomic E-state index is -4.50. The predicted molar refractivity (Wildman–Crippen MR) is 37.3 cm³/mol. The molecule has 7 heteroatoms. The number of carbonyl (C=O) groups excluding carboxylic acids is 1. The van der Waals surface area contributed by atoms with Gasteiger partial charge in [-0.1, -0.05) is 0 Å². The Morgan fingerprint density at radius 1 is 1.58 bits per heavy atom. The lowest BCUT2D eigenvalue weighted by atomic mass is 10.6. The van der Waals surface area contributed by atoms with Crippen LogP contribution in [0.1, 0.15) is 14.7 Å². The Kier molecular flexibility index (Phi) is 2.39. The van der Waals surface area contributed by atoms with Crippen LogP contribution in [0.25, 0.3) is 0 Å². The maximum Gasteiger partial charge on any atom is 0.443 e. The molecule has 0 fully saturated rings. The normalized spacial score (nSPS) is 11.7. The molecular weight excluding hydrogens is 215 g/mol. The molecule has 0 saturated carbocycles. The van der Waals surface area contributed by atoms with Gasteiger partial charge >= 0.3 is 6.18 Å². The van der Waals surface area contributed by atoms with Crippen LogP contribution in [0.15, 0.2) is 6.20 Å². The van der Waals surface area contributed by atoms with E-state index in [0.717, 1.165) is 6.20 Å². The molecule has 0 saturated heterocycles. The summed E-state index contributed by atoms with van der Waals surface area (Å²) in [6.07, 6.45) is -3.70. The fourth-order valence-corrected chi connectivity index (χ4v) is 1.28. The fourth-order valence-electron chi connectivity index (χ4n) is 0.496. The maximum absolute atomic E-state index is 11.9. The van der Waals surface area contributed by atoms with Gasteiger partial charge in [-0.2, -0.15) is 13.2 Å². The molecule has 1 rings (SSSR count). The van der Waals surface area contributed by atoms with E-state index in [9.17, 15) is 18.0 Å². The molecule has 1 heterocycles. The van der Waals surface area contributed by atoms with E-state index < -0.39 is 16.4 Å². The first kappa shape index (κ1) is 9.47. The van der Waals surface area contributed by atoms with Crippen molar-refractivity contribution in [1.82, 2.24) is 4.98 Å². The summed E-state index contributed by atoms with van der Waals surface area (Å²) in [6, 6.07) is 0. The zero-order valence-electron chi connectivity index (χ0n) is 5.35. The summed E-state index contributed by atoms with van der Waals surface area (Å²) in [5.41, 5.74) is 0. The third-order valence-corrected chi connectivity index (χ3v) is 2.30. The zero-order chi connectivity index (χ0) is 9.35. The van der Waals surface area contributed by atoms with Crippen molar-refractivity contribution in [2.75, 3.05) is 0 Å². The van der Waals surface area contributed by atoms with E-state index in [1.807, 2.05) is 0 Å². The Morgan fingerprint density at radius 3 is 2.42 bits per heavy atom. The Labute approximate surface area is 74.0 Å². The summed E-state index contributed by atoms with van der Waals surface area (Å²) < 4.78 is 35.6. The van der Waals surface area contributed by atoms with E-state index in [4.69, 9.17) is 11.6 Å². The van der Waals surface area contributed by atoms with Gasteiger partial charge in [0.15, 0.2) is 5.01 Å². The van der Waals surface area contributed by atoms with Gasteiger partial charge in [-0.05, 0) is 11.6 Å². The molecule has 0 aromatic carbocycles. The number of thiazole rings is 1. The van der Waals surface area contributed by atoms with Crippen molar-refractivity contribution < 1.29 is 18.0 Å². The lowest BCUT2D eigenvalue weighted by Crippen LogP contribution is -2.02.